The molecule has 0 saturated carbocycles. The Labute approximate surface area is 116 Å². The molecule has 2 aromatic rings. The molecule has 0 radical (unpaired) electrons. The van der Waals surface area contributed by atoms with Gasteiger partial charge in [-0.25, -0.2) is 4.39 Å². The highest BCUT2D eigenvalue weighted by Gasteiger charge is 2.15. The van der Waals surface area contributed by atoms with Crippen molar-refractivity contribution in [2.24, 2.45) is 0 Å². The lowest BCUT2D eigenvalue weighted by molar-refractivity contribution is 0.102. The molecule has 0 heterocycles. The van der Waals surface area contributed by atoms with E-state index in [0.29, 0.717) is 17.2 Å². The quantitative estimate of drug-likeness (QED) is 0.932. The number of hydrogen-bond acceptors (Lipinski definition) is 3. The Morgan fingerprint density at radius 2 is 1.75 bits per heavy atom. The molecule has 20 heavy (non-hydrogen) atoms. The van der Waals surface area contributed by atoms with Gasteiger partial charge in [-0.3, -0.25) is 4.79 Å². The van der Waals surface area contributed by atoms with Gasteiger partial charge in [-0.05, 0) is 30.3 Å². The number of anilines is 1. The van der Waals surface area contributed by atoms with Crippen LogP contribution in [0.1, 0.15) is 10.4 Å². The summed E-state index contributed by atoms with van der Waals surface area (Å²) >= 11 is 0. The number of rotatable bonds is 4. The van der Waals surface area contributed by atoms with E-state index in [1.165, 1.54) is 26.4 Å². The van der Waals surface area contributed by atoms with Crippen molar-refractivity contribution >= 4 is 11.6 Å². The van der Waals surface area contributed by atoms with Crippen LogP contribution >= 0.6 is 0 Å². The molecule has 1 amide bonds. The number of carbonyl (C=O) groups is 1. The van der Waals surface area contributed by atoms with Crippen LogP contribution < -0.4 is 14.8 Å². The van der Waals surface area contributed by atoms with Gasteiger partial charge in [-0.2, -0.15) is 0 Å². The number of para-hydroxylation sites is 2. The van der Waals surface area contributed by atoms with Gasteiger partial charge in [-0.15, -0.1) is 0 Å². The van der Waals surface area contributed by atoms with Crippen LogP contribution in [0.3, 0.4) is 0 Å². The molecule has 0 fully saturated rings. The summed E-state index contributed by atoms with van der Waals surface area (Å²) in [5, 5.41) is 2.67. The zero-order chi connectivity index (χ0) is 14.5. The Hall–Kier alpha value is -2.56. The minimum absolute atomic E-state index is 0.124. The van der Waals surface area contributed by atoms with Crippen molar-refractivity contribution in [2.75, 3.05) is 19.5 Å². The van der Waals surface area contributed by atoms with E-state index < -0.39 is 11.7 Å². The molecule has 104 valence electrons. The fraction of sp³-hybridized carbons (Fsp3) is 0.133. The van der Waals surface area contributed by atoms with Gasteiger partial charge in [0.25, 0.3) is 5.91 Å². The highest BCUT2D eigenvalue weighted by atomic mass is 19.1. The molecule has 5 heteroatoms. The first-order valence-corrected chi connectivity index (χ1v) is 5.93. The molecule has 2 rings (SSSR count). The van der Waals surface area contributed by atoms with Gasteiger partial charge in [0.2, 0.25) is 0 Å². The van der Waals surface area contributed by atoms with E-state index in [0.717, 1.165) is 6.07 Å². The molecule has 0 aromatic heterocycles. The average Bonchev–Trinajstić information content (AvgIpc) is 2.47. The average molecular weight is 275 g/mol. The van der Waals surface area contributed by atoms with E-state index in [1.807, 2.05) is 0 Å². The molecule has 0 atom stereocenters. The smallest absolute Gasteiger partial charge is 0.259 e. The SMILES string of the molecule is COc1ccccc1NC(=O)c1cc(F)ccc1OC. The van der Waals surface area contributed by atoms with Gasteiger partial charge in [0.15, 0.2) is 0 Å². The summed E-state index contributed by atoms with van der Waals surface area (Å²) in [4.78, 5) is 12.2. The zero-order valence-corrected chi connectivity index (χ0v) is 11.1. The highest BCUT2D eigenvalue weighted by Crippen LogP contribution is 2.26. The summed E-state index contributed by atoms with van der Waals surface area (Å²) in [6.45, 7) is 0. The molecule has 0 aliphatic rings. The lowest BCUT2D eigenvalue weighted by Crippen LogP contribution is -2.14. The third-order valence-electron chi connectivity index (χ3n) is 2.76. The number of methoxy groups -OCH3 is 2. The van der Waals surface area contributed by atoms with Gasteiger partial charge in [-0.1, -0.05) is 12.1 Å². The molecular weight excluding hydrogens is 261 g/mol. The fourth-order valence-corrected chi connectivity index (χ4v) is 1.80. The molecule has 1 N–H and O–H groups in total. The monoisotopic (exact) mass is 275 g/mol. The summed E-state index contributed by atoms with van der Waals surface area (Å²) < 4.78 is 23.5. The van der Waals surface area contributed by atoms with E-state index in [9.17, 15) is 9.18 Å². The van der Waals surface area contributed by atoms with Crippen LogP contribution in [0.4, 0.5) is 10.1 Å². The minimum Gasteiger partial charge on any atom is -0.496 e. The van der Waals surface area contributed by atoms with Crippen LogP contribution in [-0.4, -0.2) is 20.1 Å². The van der Waals surface area contributed by atoms with Crippen molar-refractivity contribution in [3.63, 3.8) is 0 Å². The topological polar surface area (TPSA) is 47.6 Å². The molecule has 2 aromatic carbocycles. The molecule has 0 aliphatic carbocycles. The Morgan fingerprint density at radius 1 is 1.05 bits per heavy atom. The van der Waals surface area contributed by atoms with Crippen LogP contribution in [0.5, 0.6) is 11.5 Å². The number of hydrogen-bond donors (Lipinski definition) is 1. The normalized spacial score (nSPS) is 9.95. The van der Waals surface area contributed by atoms with Crippen LogP contribution in [0.2, 0.25) is 0 Å². The van der Waals surface area contributed by atoms with E-state index in [4.69, 9.17) is 9.47 Å². The predicted molar refractivity (Wildman–Crippen MR) is 73.9 cm³/mol. The third kappa shape index (κ3) is 2.88. The fourth-order valence-electron chi connectivity index (χ4n) is 1.80. The maximum atomic E-state index is 13.3. The molecule has 0 bridgehead atoms. The Morgan fingerprint density at radius 3 is 2.45 bits per heavy atom. The maximum absolute atomic E-state index is 13.3. The van der Waals surface area contributed by atoms with Crippen molar-refractivity contribution in [3.05, 3.63) is 53.8 Å². The first-order valence-electron chi connectivity index (χ1n) is 5.93. The third-order valence-corrected chi connectivity index (χ3v) is 2.76. The lowest BCUT2D eigenvalue weighted by Gasteiger charge is -2.11. The molecule has 0 aliphatic heterocycles. The van der Waals surface area contributed by atoms with Crippen LogP contribution in [0.25, 0.3) is 0 Å². The largest absolute Gasteiger partial charge is 0.496 e. The van der Waals surface area contributed by atoms with Crippen LogP contribution in [0.15, 0.2) is 42.5 Å². The second-order valence-electron chi connectivity index (χ2n) is 4.00. The summed E-state index contributed by atoms with van der Waals surface area (Å²) in [5.41, 5.74) is 0.629. The molecule has 0 unspecified atom stereocenters. The number of ether oxygens (including phenoxy) is 2. The maximum Gasteiger partial charge on any atom is 0.259 e. The van der Waals surface area contributed by atoms with Crippen molar-refractivity contribution < 1.29 is 18.7 Å². The van der Waals surface area contributed by atoms with Crippen LogP contribution in [-0.2, 0) is 0 Å². The van der Waals surface area contributed by atoms with E-state index in [1.54, 1.807) is 24.3 Å². The second-order valence-corrected chi connectivity index (χ2v) is 4.00. The van der Waals surface area contributed by atoms with Crippen molar-refractivity contribution in [2.45, 2.75) is 0 Å². The second kappa shape index (κ2) is 6.06. The Bertz CT molecular complexity index is 628. The first kappa shape index (κ1) is 13.9. The highest BCUT2D eigenvalue weighted by molar-refractivity contribution is 6.06. The lowest BCUT2D eigenvalue weighted by atomic mass is 10.1. The van der Waals surface area contributed by atoms with Crippen molar-refractivity contribution in [1.29, 1.82) is 0 Å². The molecular formula is C15H14FNO3. The summed E-state index contributed by atoms with van der Waals surface area (Å²) in [7, 11) is 2.93. The van der Waals surface area contributed by atoms with Gasteiger partial charge in [0.05, 0.1) is 25.5 Å². The van der Waals surface area contributed by atoms with Gasteiger partial charge in [0.1, 0.15) is 17.3 Å². The van der Waals surface area contributed by atoms with Gasteiger partial charge in [0, 0.05) is 0 Å². The minimum atomic E-state index is -0.504. The summed E-state index contributed by atoms with van der Waals surface area (Å²) in [6, 6.07) is 10.7. The first-order chi connectivity index (χ1) is 9.65. The summed E-state index contributed by atoms with van der Waals surface area (Å²) in [5.74, 6) is -0.142. The number of nitrogens with one attached hydrogen (secondary N) is 1. The molecule has 0 saturated heterocycles. The van der Waals surface area contributed by atoms with Gasteiger partial charge >= 0.3 is 0 Å². The van der Waals surface area contributed by atoms with Crippen molar-refractivity contribution in [3.8, 4) is 11.5 Å². The van der Waals surface area contributed by atoms with Crippen molar-refractivity contribution in [1.82, 2.24) is 0 Å². The number of carbonyl (C=O) groups excluding carboxylic acids is 1. The zero-order valence-electron chi connectivity index (χ0n) is 11.1. The number of halogens is 1. The number of benzene rings is 2. The predicted octanol–water partition coefficient (Wildman–Crippen LogP) is 3.10. The summed E-state index contributed by atoms with van der Waals surface area (Å²) in [6.07, 6.45) is 0. The molecule has 0 spiro atoms. The van der Waals surface area contributed by atoms with Gasteiger partial charge < -0.3 is 14.8 Å². The Kier molecular flexibility index (Phi) is 4.20. The Balaban J connectivity index is 2.30. The standard InChI is InChI=1S/C15H14FNO3/c1-19-13-8-7-10(16)9-11(13)15(18)17-12-5-3-4-6-14(12)20-2/h3-9H,1-2H3,(H,17,18). The van der Waals surface area contributed by atoms with E-state index >= 15 is 0 Å². The van der Waals surface area contributed by atoms with E-state index in [2.05, 4.69) is 5.32 Å². The van der Waals surface area contributed by atoms with Crippen LogP contribution in [0, 0.1) is 5.82 Å². The number of amides is 1. The molecule has 4 nitrogen and oxygen atoms in total. The van der Waals surface area contributed by atoms with E-state index in [-0.39, 0.29) is 5.56 Å².